The van der Waals surface area contributed by atoms with E-state index in [9.17, 15) is 0 Å². The number of imidazole rings is 1. The van der Waals surface area contributed by atoms with Gasteiger partial charge in [-0.1, -0.05) is 36.6 Å². The maximum absolute atomic E-state index is 5.95. The molecule has 1 aromatic carbocycles. The van der Waals surface area contributed by atoms with Crippen LogP contribution in [-0.2, 0) is 0 Å². The van der Waals surface area contributed by atoms with Crippen molar-refractivity contribution in [1.82, 2.24) is 15.3 Å². The van der Waals surface area contributed by atoms with Crippen molar-refractivity contribution >= 4 is 11.6 Å². The Morgan fingerprint density at radius 2 is 1.95 bits per heavy atom. The number of H-pyrrole nitrogens is 1. The van der Waals surface area contributed by atoms with Crippen LogP contribution in [0.4, 0.5) is 0 Å². The highest BCUT2D eigenvalue weighted by Crippen LogP contribution is 2.27. The molecule has 3 nitrogen and oxygen atoms in total. The Labute approximate surface area is 124 Å². The molecule has 1 aromatic heterocycles. The van der Waals surface area contributed by atoms with E-state index in [1.165, 1.54) is 19.3 Å². The largest absolute Gasteiger partial charge is 0.344 e. The van der Waals surface area contributed by atoms with E-state index in [4.69, 9.17) is 16.6 Å². The number of halogens is 1. The minimum Gasteiger partial charge on any atom is -0.344 e. The van der Waals surface area contributed by atoms with Crippen molar-refractivity contribution in [1.29, 1.82) is 0 Å². The monoisotopic (exact) mass is 289 g/mol. The number of nitrogens with zero attached hydrogens (tertiary/aromatic N) is 1. The molecule has 2 heterocycles. The molecule has 1 aliphatic rings. The number of rotatable bonds is 2. The molecule has 0 spiro atoms. The van der Waals surface area contributed by atoms with Crippen LogP contribution in [0.25, 0.3) is 11.3 Å². The first-order valence-corrected chi connectivity index (χ1v) is 7.67. The third kappa shape index (κ3) is 2.89. The van der Waals surface area contributed by atoms with Crippen molar-refractivity contribution in [2.24, 2.45) is 0 Å². The second-order valence-electron chi connectivity index (χ2n) is 5.46. The van der Waals surface area contributed by atoms with Gasteiger partial charge in [-0.2, -0.15) is 0 Å². The van der Waals surface area contributed by atoms with Crippen LogP contribution in [0.2, 0.25) is 5.02 Å². The van der Waals surface area contributed by atoms with Gasteiger partial charge in [0, 0.05) is 16.3 Å². The highest BCUT2D eigenvalue weighted by Gasteiger charge is 2.18. The summed E-state index contributed by atoms with van der Waals surface area (Å²) in [5, 5.41) is 4.34. The van der Waals surface area contributed by atoms with Crippen LogP contribution in [0.5, 0.6) is 0 Å². The summed E-state index contributed by atoms with van der Waals surface area (Å²) in [6, 6.07) is 8.23. The topological polar surface area (TPSA) is 40.7 Å². The predicted octanol–water partition coefficient (Wildman–Crippen LogP) is 4.24. The zero-order valence-corrected chi connectivity index (χ0v) is 12.5. The maximum atomic E-state index is 5.95. The van der Waals surface area contributed by atoms with Crippen LogP contribution in [0.3, 0.4) is 0 Å². The number of hydrogen-bond donors (Lipinski definition) is 2. The van der Waals surface area contributed by atoms with Crippen molar-refractivity contribution in [2.45, 2.75) is 38.6 Å². The Morgan fingerprint density at radius 3 is 2.75 bits per heavy atom. The molecule has 1 atom stereocenters. The van der Waals surface area contributed by atoms with Crippen molar-refractivity contribution in [3.63, 3.8) is 0 Å². The summed E-state index contributed by atoms with van der Waals surface area (Å²) in [7, 11) is 0. The van der Waals surface area contributed by atoms with Gasteiger partial charge in [0.15, 0.2) is 0 Å². The number of aromatic amines is 1. The first-order valence-electron chi connectivity index (χ1n) is 7.30. The lowest BCUT2D eigenvalue weighted by Crippen LogP contribution is -2.21. The lowest BCUT2D eigenvalue weighted by atomic mass is 10.1. The molecule has 2 aromatic rings. The molecule has 1 fully saturated rings. The van der Waals surface area contributed by atoms with Crippen molar-refractivity contribution in [3.05, 3.63) is 40.8 Å². The molecule has 0 bridgehead atoms. The third-order valence-corrected chi connectivity index (χ3v) is 4.16. The van der Waals surface area contributed by atoms with E-state index in [2.05, 4.69) is 17.2 Å². The average molecular weight is 290 g/mol. The van der Waals surface area contributed by atoms with E-state index in [0.717, 1.165) is 40.8 Å². The number of aryl methyl sites for hydroxylation is 1. The van der Waals surface area contributed by atoms with Crippen molar-refractivity contribution in [3.8, 4) is 11.3 Å². The van der Waals surface area contributed by atoms with E-state index in [1.54, 1.807) is 0 Å². The number of aromatic nitrogens is 2. The zero-order chi connectivity index (χ0) is 13.9. The molecule has 1 saturated heterocycles. The normalized spacial score (nSPS) is 19.8. The fourth-order valence-corrected chi connectivity index (χ4v) is 2.93. The van der Waals surface area contributed by atoms with Gasteiger partial charge < -0.3 is 10.3 Å². The van der Waals surface area contributed by atoms with E-state index >= 15 is 0 Å². The van der Waals surface area contributed by atoms with Crippen LogP contribution < -0.4 is 5.32 Å². The molecule has 0 amide bonds. The van der Waals surface area contributed by atoms with Gasteiger partial charge in [0.2, 0.25) is 0 Å². The predicted molar refractivity (Wildman–Crippen MR) is 83.0 cm³/mol. The Balaban J connectivity index is 1.88. The van der Waals surface area contributed by atoms with Crippen LogP contribution in [-0.4, -0.2) is 16.5 Å². The lowest BCUT2D eigenvalue weighted by Gasteiger charge is -2.12. The Hall–Kier alpha value is -1.32. The highest BCUT2D eigenvalue weighted by molar-refractivity contribution is 6.30. The average Bonchev–Trinajstić information content (AvgIpc) is 2.66. The van der Waals surface area contributed by atoms with Crippen LogP contribution in [0, 0.1) is 6.92 Å². The van der Waals surface area contributed by atoms with Crippen molar-refractivity contribution in [2.75, 3.05) is 6.54 Å². The van der Waals surface area contributed by atoms with Crippen LogP contribution >= 0.6 is 11.6 Å². The fraction of sp³-hybridized carbons (Fsp3) is 0.438. The molecule has 3 rings (SSSR count). The van der Waals surface area contributed by atoms with E-state index in [1.807, 2.05) is 24.3 Å². The summed E-state index contributed by atoms with van der Waals surface area (Å²) in [6.45, 7) is 3.16. The molecule has 20 heavy (non-hydrogen) atoms. The van der Waals surface area contributed by atoms with Crippen LogP contribution in [0.1, 0.15) is 43.2 Å². The molecule has 4 heteroatoms. The minimum atomic E-state index is 0.359. The number of nitrogens with one attached hydrogen (secondary N) is 2. The van der Waals surface area contributed by atoms with Gasteiger partial charge in [-0.15, -0.1) is 0 Å². The molecule has 106 valence electrons. The molecular weight excluding hydrogens is 270 g/mol. The van der Waals surface area contributed by atoms with E-state index < -0.39 is 0 Å². The van der Waals surface area contributed by atoms with Gasteiger partial charge in [-0.25, -0.2) is 4.98 Å². The third-order valence-electron chi connectivity index (χ3n) is 3.91. The minimum absolute atomic E-state index is 0.359. The first kappa shape index (κ1) is 13.7. The quantitative estimate of drug-likeness (QED) is 0.868. The molecule has 1 unspecified atom stereocenters. The van der Waals surface area contributed by atoms with E-state index in [0.29, 0.717) is 6.04 Å². The molecule has 0 saturated carbocycles. The van der Waals surface area contributed by atoms with Gasteiger partial charge in [0.1, 0.15) is 5.82 Å². The zero-order valence-electron chi connectivity index (χ0n) is 11.7. The molecular formula is C16H20ClN3. The highest BCUT2D eigenvalue weighted by atomic mass is 35.5. The van der Waals surface area contributed by atoms with Gasteiger partial charge in [-0.05, 0) is 38.4 Å². The summed E-state index contributed by atoms with van der Waals surface area (Å²) >= 11 is 5.95. The lowest BCUT2D eigenvalue weighted by molar-refractivity contribution is 0.511. The van der Waals surface area contributed by atoms with Gasteiger partial charge in [0.05, 0.1) is 11.7 Å². The smallest absolute Gasteiger partial charge is 0.124 e. The van der Waals surface area contributed by atoms with E-state index in [-0.39, 0.29) is 0 Å². The van der Waals surface area contributed by atoms with Gasteiger partial charge >= 0.3 is 0 Å². The molecule has 0 radical (unpaired) electrons. The Bertz CT molecular complexity index is 566. The Morgan fingerprint density at radius 1 is 1.15 bits per heavy atom. The second-order valence-corrected chi connectivity index (χ2v) is 5.90. The summed E-state index contributed by atoms with van der Waals surface area (Å²) < 4.78 is 0. The van der Waals surface area contributed by atoms with Gasteiger partial charge in [0.25, 0.3) is 0 Å². The molecule has 2 N–H and O–H groups in total. The van der Waals surface area contributed by atoms with Crippen LogP contribution in [0.15, 0.2) is 24.3 Å². The number of hydrogen-bond acceptors (Lipinski definition) is 2. The first-order chi connectivity index (χ1) is 9.74. The van der Waals surface area contributed by atoms with Crippen molar-refractivity contribution < 1.29 is 0 Å². The summed E-state index contributed by atoms with van der Waals surface area (Å²) in [5.41, 5.74) is 3.26. The fourth-order valence-electron chi connectivity index (χ4n) is 2.80. The standard InChI is InChI=1S/C16H20ClN3/c1-11-15(12-6-8-13(17)9-7-12)20-16(19-11)14-5-3-2-4-10-18-14/h6-9,14,18H,2-5,10H2,1H3,(H,19,20). The number of benzene rings is 1. The Kier molecular flexibility index (Phi) is 4.08. The summed E-state index contributed by atoms with van der Waals surface area (Å²) in [5.74, 6) is 1.06. The van der Waals surface area contributed by atoms with Gasteiger partial charge in [-0.3, -0.25) is 0 Å². The maximum Gasteiger partial charge on any atom is 0.124 e. The summed E-state index contributed by atoms with van der Waals surface area (Å²) in [6.07, 6.45) is 5.01. The summed E-state index contributed by atoms with van der Waals surface area (Å²) in [4.78, 5) is 8.26. The molecule has 0 aliphatic carbocycles. The molecule has 1 aliphatic heterocycles. The SMILES string of the molecule is Cc1[nH]c(C2CCCCCN2)nc1-c1ccc(Cl)cc1. The second kappa shape index (κ2) is 5.98.